The van der Waals surface area contributed by atoms with Crippen LogP contribution in [0.25, 0.3) is 0 Å². The zero-order chi connectivity index (χ0) is 13.9. The monoisotopic (exact) mass is 270 g/mol. The predicted octanol–water partition coefficient (Wildman–Crippen LogP) is 3.21. The molecule has 1 aliphatic heterocycles. The van der Waals surface area contributed by atoms with Gasteiger partial charge < -0.3 is 11.1 Å². The maximum Gasteiger partial charge on any atom is 0.125 e. The molecule has 0 aliphatic carbocycles. The van der Waals surface area contributed by atoms with Crippen LogP contribution in [-0.2, 0) is 6.42 Å². The molecule has 2 heterocycles. The second kappa shape index (κ2) is 5.57. The van der Waals surface area contributed by atoms with Crippen LogP contribution in [-0.4, -0.2) is 16.3 Å². The lowest BCUT2D eigenvalue weighted by molar-refractivity contribution is 0.477. The average molecular weight is 270 g/mol. The molecular formula is C16H22N4. The van der Waals surface area contributed by atoms with Crippen molar-refractivity contribution < 1.29 is 0 Å². The molecule has 2 aromatic rings. The summed E-state index contributed by atoms with van der Waals surface area (Å²) in [5.74, 6) is 1.14. The molecule has 3 N–H and O–H groups in total. The summed E-state index contributed by atoms with van der Waals surface area (Å²) in [6.45, 7) is 3.21. The zero-order valence-electron chi connectivity index (χ0n) is 12.0. The van der Waals surface area contributed by atoms with Crippen molar-refractivity contribution in [2.45, 2.75) is 38.6 Å². The van der Waals surface area contributed by atoms with Crippen molar-refractivity contribution in [1.82, 2.24) is 9.78 Å². The molecule has 0 spiro atoms. The van der Waals surface area contributed by atoms with Crippen molar-refractivity contribution in [2.24, 2.45) is 0 Å². The van der Waals surface area contributed by atoms with Gasteiger partial charge in [-0.15, -0.1) is 0 Å². The number of aryl methyl sites for hydroxylation is 1. The van der Waals surface area contributed by atoms with Gasteiger partial charge in [0.15, 0.2) is 0 Å². The minimum atomic E-state index is 0.322. The minimum Gasteiger partial charge on any atom is -0.399 e. The van der Waals surface area contributed by atoms with Crippen molar-refractivity contribution in [2.75, 3.05) is 17.6 Å². The number of fused-ring (bicyclic) bond motifs is 1. The first-order chi connectivity index (χ1) is 9.78. The molecule has 3 rings (SSSR count). The maximum absolute atomic E-state index is 5.78. The third kappa shape index (κ3) is 2.50. The van der Waals surface area contributed by atoms with Crippen molar-refractivity contribution in [3.63, 3.8) is 0 Å². The first-order valence-electron chi connectivity index (χ1n) is 7.45. The third-order valence-electron chi connectivity index (χ3n) is 3.91. The van der Waals surface area contributed by atoms with Crippen LogP contribution in [0.1, 0.15) is 43.5 Å². The fraction of sp³-hybridized carbons (Fsp3) is 0.438. The molecule has 0 saturated heterocycles. The standard InChI is InChI=1S/C16H22N4/c1-2-3-4-14-11-16-18-10-9-15(20(16)19-14)12-5-7-13(17)8-6-12/h5-8,11,15,18H,2-4,9-10,17H2,1H3. The Labute approximate surface area is 120 Å². The number of nitrogens with zero attached hydrogens (tertiary/aromatic N) is 2. The van der Waals surface area contributed by atoms with E-state index in [4.69, 9.17) is 10.8 Å². The van der Waals surface area contributed by atoms with E-state index < -0.39 is 0 Å². The Morgan fingerprint density at radius 2 is 2.15 bits per heavy atom. The molecule has 4 heteroatoms. The van der Waals surface area contributed by atoms with E-state index in [-0.39, 0.29) is 0 Å². The number of nitrogen functional groups attached to an aromatic ring is 1. The predicted molar refractivity (Wildman–Crippen MR) is 82.9 cm³/mol. The van der Waals surface area contributed by atoms with Crippen LogP contribution in [0.3, 0.4) is 0 Å². The third-order valence-corrected chi connectivity index (χ3v) is 3.91. The fourth-order valence-electron chi connectivity index (χ4n) is 2.78. The molecule has 0 saturated carbocycles. The van der Waals surface area contributed by atoms with Gasteiger partial charge in [-0.2, -0.15) is 5.10 Å². The van der Waals surface area contributed by atoms with Gasteiger partial charge in [-0.05, 0) is 37.0 Å². The lowest BCUT2D eigenvalue weighted by Crippen LogP contribution is -2.24. The summed E-state index contributed by atoms with van der Waals surface area (Å²) in [6.07, 6.45) is 4.53. The smallest absolute Gasteiger partial charge is 0.125 e. The quantitative estimate of drug-likeness (QED) is 0.839. The molecular weight excluding hydrogens is 248 g/mol. The van der Waals surface area contributed by atoms with Gasteiger partial charge in [0.25, 0.3) is 0 Å². The number of rotatable bonds is 4. The van der Waals surface area contributed by atoms with Gasteiger partial charge in [0.2, 0.25) is 0 Å². The van der Waals surface area contributed by atoms with Crippen LogP contribution in [0.5, 0.6) is 0 Å². The van der Waals surface area contributed by atoms with Crippen molar-refractivity contribution in [3.8, 4) is 0 Å². The molecule has 1 aromatic carbocycles. The van der Waals surface area contributed by atoms with Gasteiger partial charge in [0, 0.05) is 18.3 Å². The number of nitrogens with two attached hydrogens (primary N) is 1. The number of nitrogens with one attached hydrogen (secondary N) is 1. The molecule has 1 atom stereocenters. The lowest BCUT2D eigenvalue weighted by atomic mass is 10.0. The van der Waals surface area contributed by atoms with Crippen LogP contribution in [0.2, 0.25) is 0 Å². The topological polar surface area (TPSA) is 55.9 Å². The highest BCUT2D eigenvalue weighted by molar-refractivity contribution is 5.44. The molecule has 20 heavy (non-hydrogen) atoms. The molecule has 0 bridgehead atoms. The van der Waals surface area contributed by atoms with E-state index in [0.717, 1.165) is 30.9 Å². The molecule has 0 amide bonds. The highest BCUT2D eigenvalue weighted by atomic mass is 15.4. The SMILES string of the molecule is CCCCc1cc2n(n1)C(c1ccc(N)cc1)CCN2. The summed E-state index contributed by atoms with van der Waals surface area (Å²) in [6, 6.07) is 10.7. The first kappa shape index (κ1) is 13.0. The highest BCUT2D eigenvalue weighted by Gasteiger charge is 2.22. The van der Waals surface area contributed by atoms with Crippen molar-refractivity contribution >= 4 is 11.5 Å². The number of hydrogen-bond donors (Lipinski definition) is 2. The first-order valence-corrected chi connectivity index (χ1v) is 7.45. The van der Waals surface area contributed by atoms with Crippen molar-refractivity contribution in [3.05, 3.63) is 41.6 Å². The summed E-state index contributed by atoms with van der Waals surface area (Å²) in [7, 11) is 0. The molecule has 0 fully saturated rings. The second-order valence-corrected chi connectivity index (χ2v) is 5.47. The number of anilines is 2. The Hall–Kier alpha value is -1.97. The Balaban J connectivity index is 1.89. The average Bonchev–Trinajstić information content (AvgIpc) is 2.89. The molecule has 1 unspecified atom stereocenters. The largest absolute Gasteiger partial charge is 0.399 e. The van der Waals surface area contributed by atoms with Gasteiger partial charge in [-0.25, -0.2) is 4.68 Å². The van der Waals surface area contributed by atoms with Gasteiger partial charge in [0.1, 0.15) is 5.82 Å². The summed E-state index contributed by atoms with van der Waals surface area (Å²) < 4.78 is 2.14. The molecule has 106 valence electrons. The van der Waals surface area contributed by atoms with Crippen LogP contribution in [0.4, 0.5) is 11.5 Å². The van der Waals surface area contributed by atoms with Crippen LogP contribution in [0, 0.1) is 0 Å². The van der Waals surface area contributed by atoms with Gasteiger partial charge in [-0.3, -0.25) is 0 Å². The molecule has 0 radical (unpaired) electrons. The van der Waals surface area contributed by atoms with E-state index in [1.165, 1.54) is 24.1 Å². The summed E-state index contributed by atoms with van der Waals surface area (Å²) in [4.78, 5) is 0. The minimum absolute atomic E-state index is 0.322. The van der Waals surface area contributed by atoms with Gasteiger partial charge in [0.05, 0.1) is 11.7 Å². The van der Waals surface area contributed by atoms with E-state index in [1.54, 1.807) is 0 Å². The van der Waals surface area contributed by atoms with Crippen molar-refractivity contribution in [1.29, 1.82) is 0 Å². The summed E-state index contributed by atoms with van der Waals surface area (Å²) in [5, 5.41) is 8.24. The zero-order valence-corrected chi connectivity index (χ0v) is 12.0. The number of unbranched alkanes of at least 4 members (excludes halogenated alkanes) is 1. The Kier molecular flexibility index (Phi) is 3.63. The van der Waals surface area contributed by atoms with E-state index >= 15 is 0 Å². The second-order valence-electron chi connectivity index (χ2n) is 5.47. The van der Waals surface area contributed by atoms with Crippen LogP contribution < -0.4 is 11.1 Å². The van der Waals surface area contributed by atoms with E-state index in [0.29, 0.717) is 6.04 Å². The molecule has 1 aliphatic rings. The Morgan fingerprint density at radius 1 is 1.35 bits per heavy atom. The molecule has 1 aromatic heterocycles. The van der Waals surface area contributed by atoms with Gasteiger partial charge in [-0.1, -0.05) is 25.5 Å². The Morgan fingerprint density at radius 3 is 2.90 bits per heavy atom. The normalized spacial score (nSPS) is 17.6. The van der Waals surface area contributed by atoms with Gasteiger partial charge >= 0.3 is 0 Å². The highest BCUT2D eigenvalue weighted by Crippen LogP contribution is 2.30. The van der Waals surface area contributed by atoms with Crippen LogP contribution in [0.15, 0.2) is 30.3 Å². The lowest BCUT2D eigenvalue weighted by Gasteiger charge is -2.26. The number of hydrogen-bond acceptors (Lipinski definition) is 3. The fourth-order valence-corrected chi connectivity index (χ4v) is 2.78. The summed E-state index contributed by atoms with van der Waals surface area (Å²) in [5.41, 5.74) is 9.06. The van der Waals surface area contributed by atoms with E-state index in [1.807, 2.05) is 12.1 Å². The maximum atomic E-state index is 5.78. The van der Waals surface area contributed by atoms with E-state index in [9.17, 15) is 0 Å². The Bertz CT molecular complexity index is 571. The number of aromatic nitrogens is 2. The van der Waals surface area contributed by atoms with Crippen LogP contribution >= 0.6 is 0 Å². The van der Waals surface area contributed by atoms with E-state index in [2.05, 4.69) is 35.1 Å². The molecule has 4 nitrogen and oxygen atoms in total. The number of benzene rings is 1. The summed E-state index contributed by atoms with van der Waals surface area (Å²) >= 11 is 0.